The predicted molar refractivity (Wildman–Crippen MR) is 82.7 cm³/mol. The van der Waals surface area contributed by atoms with E-state index in [1.165, 1.54) is 58.0 Å². The van der Waals surface area contributed by atoms with Gasteiger partial charge in [-0.1, -0.05) is 12.8 Å². The standard InChI is InChI=1S/C15H28N2OS/c18-15(17-10-6-3-7-11-17)14-19-13-12-16-8-4-1-2-5-9-16/h1-14H2. The second-order valence-electron chi connectivity index (χ2n) is 5.75. The molecule has 2 aliphatic heterocycles. The maximum Gasteiger partial charge on any atom is 0.232 e. The highest BCUT2D eigenvalue weighted by Gasteiger charge is 2.16. The molecule has 3 nitrogen and oxygen atoms in total. The number of nitrogens with zero attached hydrogens (tertiary/aromatic N) is 2. The minimum Gasteiger partial charge on any atom is -0.342 e. The van der Waals surface area contributed by atoms with Crippen LogP contribution < -0.4 is 0 Å². The van der Waals surface area contributed by atoms with Crippen LogP contribution in [-0.4, -0.2) is 59.9 Å². The average molecular weight is 284 g/mol. The lowest BCUT2D eigenvalue weighted by Gasteiger charge is -2.26. The van der Waals surface area contributed by atoms with Gasteiger partial charge in [0.15, 0.2) is 0 Å². The molecule has 2 heterocycles. The van der Waals surface area contributed by atoms with Crippen LogP contribution in [0.5, 0.6) is 0 Å². The third-order valence-electron chi connectivity index (χ3n) is 4.18. The quantitative estimate of drug-likeness (QED) is 0.725. The number of thioether (sulfide) groups is 1. The van der Waals surface area contributed by atoms with E-state index in [9.17, 15) is 4.79 Å². The number of carbonyl (C=O) groups is 1. The SMILES string of the molecule is O=C(CSCCN1CCCCCC1)N1CCCCC1. The largest absolute Gasteiger partial charge is 0.342 e. The van der Waals surface area contributed by atoms with Crippen molar-refractivity contribution in [3.8, 4) is 0 Å². The van der Waals surface area contributed by atoms with Crippen LogP contribution in [0.2, 0.25) is 0 Å². The number of likely N-dealkylation sites (tertiary alicyclic amines) is 2. The Hall–Kier alpha value is -0.220. The van der Waals surface area contributed by atoms with Gasteiger partial charge in [0, 0.05) is 25.4 Å². The van der Waals surface area contributed by atoms with E-state index in [1.54, 1.807) is 0 Å². The third kappa shape index (κ3) is 5.74. The van der Waals surface area contributed by atoms with E-state index >= 15 is 0 Å². The van der Waals surface area contributed by atoms with Gasteiger partial charge in [0.25, 0.3) is 0 Å². The summed E-state index contributed by atoms with van der Waals surface area (Å²) >= 11 is 1.82. The number of carbonyl (C=O) groups excluding carboxylic acids is 1. The first-order valence-electron chi connectivity index (χ1n) is 7.94. The van der Waals surface area contributed by atoms with Crippen molar-refractivity contribution < 1.29 is 4.79 Å². The zero-order chi connectivity index (χ0) is 13.3. The molecular weight excluding hydrogens is 256 g/mol. The lowest BCUT2D eigenvalue weighted by Crippen LogP contribution is -2.37. The van der Waals surface area contributed by atoms with E-state index in [1.807, 2.05) is 11.8 Å². The molecule has 0 aliphatic carbocycles. The Morgan fingerprint density at radius 1 is 0.842 bits per heavy atom. The maximum absolute atomic E-state index is 12.0. The smallest absolute Gasteiger partial charge is 0.232 e. The van der Waals surface area contributed by atoms with Gasteiger partial charge in [-0.3, -0.25) is 4.79 Å². The highest BCUT2D eigenvalue weighted by molar-refractivity contribution is 7.99. The molecule has 0 aromatic rings. The Morgan fingerprint density at radius 3 is 2.11 bits per heavy atom. The van der Waals surface area contributed by atoms with Crippen molar-refractivity contribution in [2.75, 3.05) is 44.2 Å². The van der Waals surface area contributed by atoms with Gasteiger partial charge in [0.2, 0.25) is 5.91 Å². The van der Waals surface area contributed by atoms with Crippen LogP contribution in [0.1, 0.15) is 44.9 Å². The Balaban J connectivity index is 1.54. The van der Waals surface area contributed by atoms with Crippen LogP contribution >= 0.6 is 11.8 Å². The summed E-state index contributed by atoms with van der Waals surface area (Å²) in [5.74, 6) is 2.16. The molecule has 0 radical (unpaired) electrons. The van der Waals surface area contributed by atoms with E-state index in [4.69, 9.17) is 0 Å². The van der Waals surface area contributed by atoms with Gasteiger partial charge in [0.05, 0.1) is 5.75 Å². The van der Waals surface area contributed by atoms with Gasteiger partial charge in [-0.05, 0) is 45.2 Å². The van der Waals surface area contributed by atoms with Crippen LogP contribution in [-0.2, 0) is 4.79 Å². The average Bonchev–Trinajstić information content (AvgIpc) is 2.73. The van der Waals surface area contributed by atoms with Gasteiger partial charge in [0.1, 0.15) is 0 Å². The molecule has 1 amide bonds. The summed E-state index contributed by atoms with van der Waals surface area (Å²) < 4.78 is 0. The lowest BCUT2D eigenvalue weighted by atomic mass is 10.1. The number of piperidine rings is 1. The van der Waals surface area contributed by atoms with E-state index in [2.05, 4.69) is 9.80 Å². The highest BCUT2D eigenvalue weighted by atomic mass is 32.2. The summed E-state index contributed by atoms with van der Waals surface area (Å²) in [6.07, 6.45) is 9.21. The van der Waals surface area contributed by atoms with E-state index in [-0.39, 0.29) is 0 Å². The second kappa shape index (κ2) is 8.85. The summed E-state index contributed by atoms with van der Waals surface area (Å²) in [5.41, 5.74) is 0. The lowest BCUT2D eigenvalue weighted by molar-refractivity contribution is -0.129. The molecule has 0 atom stereocenters. The first-order valence-corrected chi connectivity index (χ1v) is 9.09. The normalized spacial score (nSPS) is 22.2. The fraction of sp³-hybridized carbons (Fsp3) is 0.933. The van der Waals surface area contributed by atoms with E-state index in [0.717, 1.165) is 25.4 Å². The zero-order valence-corrected chi connectivity index (χ0v) is 12.9. The maximum atomic E-state index is 12.0. The minimum absolute atomic E-state index is 0.362. The number of amides is 1. The molecule has 2 rings (SSSR count). The number of hydrogen-bond acceptors (Lipinski definition) is 3. The minimum atomic E-state index is 0.362. The van der Waals surface area contributed by atoms with E-state index in [0.29, 0.717) is 11.7 Å². The molecule has 0 N–H and O–H groups in total. The number of rotatable bonds is 5. The zero-order valence-electron chi connectivity index (χ0n) is 12.1. The van der Waals surface area contributed by atoms with Crippen molar-refractivity contribution in [2.24, 2.45) is 0 Å². The molecule has 0 bridgehead atoms. The number of hydrogen-bond donors (Lipinski definition) is 0. The fourth-order valence-corrected chi connectivity index (χ4v) is 3.84. The molecule has 110 valence electrons. The molecule has 0 aromatic heterocycles. The van der Waals surface area contributed by atoms with Crippen molar-refractivity contribution in [3.63, 3.8) is 0 Å². The fourth-order valence-electron chi connectivity index (χ4n) is 2.95. The molecular formula is C15H28N2OS. The van der Waals surface area contributed by atoms with Crippen LogP contribution in [0.4, 0.5) is 0 Å². The summed E-state index contributed by atoms with van der Waals surface area (Å²) in [4.78, 5) is 16.6. The highest BCUT2D eigenvalue weighted by Crippen LogP contribution is 2.13. The summed E-state index contributed by atoms with van der Waals surface area (Å²) in [6, 6.07) is 0. The van der Waals surface area contributed by atoms with Crippen molar-refractivity contribution >= 4 is 17.7 Å². The Bertz CT molecular complexity index is 259. The second-order valence-corrected chi connectivity index (χ2v) is 6.86. The van der Waals surface area contributed by atoms with Crippen molar-refractivity contribution in [1.82, 2.24) is 9.80 Å². The van der Waals surface area contributed by atoms with Gasteiger partial charge in [-0.2, -0.15) is 11.8 Å². The van der Waals surface area contributed by atoms with Gasteiger partial charge >= 0.3 is 0 Å². The topological polar surface area (TPSA) is 23.6 Å². The molecule has 0 aromatic carbocycles. The molecule has 0 unspecified atom stereocenters. The molecule has 2 saturated heterocycles. The Kier molecular flexibility index (Phi) is 7.07. The van der Waals surface area contributed by atoms with Crippen LogP contribution in [0.3, 0.4) is 0 Å². The molecule has 19 heavy (non-hydrogen) atoms. The van der Waals surface area contributed by atoms with Gasteiger partial charge < -0.3 is 9.80 Å². The first kappa shape index (κ1) is 15.2. The summed E-state index contributed by atoms with van der Waals surface area (Å²) in [7, 11) is 0. The van der Waals surface area contributed by atoms with Gasteiger partial charge in [-0.25, -0.2) is 0 Å². The van der Waals surface area contributed by atoms with Crippen molar-refractivity contribution in [1.29, 1.82) is 0 Å². The summed E-state index contributed by atoms with van der Waals surface area (Å²) in [6.45, 7) is 5.68. The van der Waals surface area contributed by atoms with Crippen molar-refractivity contribution in [2.45, 2.75) is 44.9 Å². The van der Waals surface area contributed by atoms with Crippen LogP contribution in [0, 0.1) is 0 Å². The molecule has 0 saturated carbocycles. The van der Waals surface area contributed by atoms with Crippen LogP contribution in [0.25, 0.3) is 0 Å². The van der Waals surface area contributed by atoms with Gasteiger partial charge in [-0.15, -0.1) is 0 Å². The van der Waals surface area contributed by atoms with E-state index < -0.39 is 0 Å². The molecule has 4 heteroatoms. The van der Waals surface area contributed by atoms with Crippen LogP contribution in [0.15, 0.2) is 0 Å². The monoisotopic (exact) mass is 284 g/mol. The third-order valence-corrected chi connectivity index (χ3v) is 5.11. The predicted octanol–water partition coefficient (Wildman–Crippen LogP) is 2.61. The Morgan fingerprint density at radius 2 is 1.42 bits per heavy atom. The molecule has 0 spiro atoms. The van der Waals surface area contributed by atoms with Crippen molar-refractivity contribution in [3.05, 3.63) is 0 Å². The molecule has 2 fully saturated rings. The first-order chi connectivity index (χ1) is 9.36. The Labute approximate surface area is 122 Å². The summed E-state index contributed by atoms with van der Waals surface area (Å²) in [5, 5.41) is 0. The molecule has 2 aliphatic rings.